The molecule has 0 heterocycles. The minimum Gasteiger partial charge on any atom is -0.479 e. The molecule has 0 spiro atoms. The van der Waals surface area contributed by atoms with E-state index in [2.05, 4.69) is 6.92 Å². The summed E-state index contributed by atoms with van der Waals surface area (Å²) in [6.07, 6.45) is 18.7. The van der Waals surface area contributed by atoms with E-state index in [1.54, 1.807) is 0 Å². The van der Waals surface area contributed by atoms with Crippen LogP contribution in [-0.2, 0) is 4.79 Å². The van der Waals surface area contributed by atoms with Crippen LogP contribution in [0.25, 0.3) is 0 Å². The van der Waals surface area contributed by atoms with Crippen LogP contribution in [-0.4, -0.2) is 22.3 Å². The van der Waals surface area contributed by atoms with Crippen molar-refractivity contribution in [3.8, 4) is 0 Å². The lowest BCUT2D eigenvalue weighted by Gasteiger charge is -2.05. The lowest BCUT2D eigenvalue weighted by atomic mass is 10.0. The van der Waals surface area contributed by atoms with Gasteiger partial charge in [0.15, 0.2) is 6.10 Å². The largest absolute Gasteiger partial charge is 0.479 e. The van der Waals surface area contributed by atoms with Gasteiger partial charge in [0.2, 0.25) is 0 Å². The Morgan fingerprint density at radius 1 is 0.682 bits per heavy atom. The van der Waals surface area contributed by atoms with Crippen LogP contribution in [0.4, 0.5) is 0 Å². The second kappa shape index (κ2) is 16.8. The van der Waals surface area contributed by atoms with Gasteiger partial charge in [0.1, 0.15) is 0 Å². The molecule has 0 aromatic heterocycles. The van der Waals surface area contributed by atoms with E-state index in [1.807, 2.05) is 0 Å². The van der Waals surface area contributed by atoms with Gasteiger partial charge in [0, 0.05) is 0 Å². The van der Waals surface area contributed by atoms with Crippen LogP contribution in [0.3, 0.4) is 0 Å². The number of aliphatic hydroxyl groups excluding tert-OH is 1. The average Bonchev–Trinajstić information content (AvgIpc) is 2.50. The van der Waals surface area contributed by atoms with Crippen molar-refractivity contribution in [1.82, 2.24) is 0 Å². The zero-order valence-corrected chi connectivity index (χ0v) is 14.7. The summed E-state index contributed by atoms with van der Waals surface area (Å²) in [4.78, 5) is 10.4. The molecule has 3 heteroatoms. The number of unbranched alkanes of at least 4 members (excludes halogenated alkanes) is 14. The van der Waals surface area contributed by atoms with E-state index in [4.69, 9.17) is 10.2 Å². The van der Waals surface area contributed by atoms with Crippen molar-refractivity contribution in [1.29, 1.82) is 0 Å². The number of hydrogen-bond donors (Lipinski definition) is 2. The van der Waals surface area contributed by atoms with Gasteiger partial charge in [-0.2, -0.15) is 0 Å². The number of rotatable bonds is 17. The highest BCUT2D eigenvalue weighted by molar-refractivity contribution is 5.71. The monoisotopic (exact) mass is 314 g/mol. The van der Waals surface area contributed by atoms with Gasteiger partial charge >= 0.3 is 5.97 Å². The number of carboxylic acids is 1. The summed E-state index contributed by atoms with van der Waals surface area (Å²) in [5.74, 6) is -1.09. The molecule has 0 aliphatic heterocycles. The molecule has 0 aromatic rings. The Hall–Kier alpha value is -0.570. The molecule has 1 unspecified atom stereocenters. The summed E-state index contributed by atoms with van der Waals surface area (Å²) in [5, 5.41) is 17.7. The highest BCUT2D eigenvalue weighted by Crippen LogP contribution is 2.14. The standard InChI is InChI=1S/C19H38O3/c1-2-3-4-5-6-7-8-9-10-11-12-13-14-15-16-17-18(20)19(21)22/h18,20H,2-17H2,1H3,(H,21,22). The number of aliphatic hydroxyl groups is 1. The lowest BCUT2D eigenvalue weighted by molar-refractivity contribution is -0.146. The molecule has 132 valence electrons. The van der Waals surface area contributed by atoms with E-state index in [9.17, 15) is 4.79 Å². The Kier molecular flexibility index (Phi) is 16.4. The number of aliphatic carboxylic acids is 1. The molecule has 0 fully saturated rings. The summed E-state index contributed by atoms with van der Waals surface area (Å²) < 4.78 is 0. The Morgan fingerprint density at radius 2 is 1.00 bits per heavy atom. The summed E-state index contributed by atoms with van der Waals surface area (Å²) in [5.41, 5.74) is 0. The van der Waals surface area contributed by atoms with Gasteiger partial charge in [0.25, 0.3) is 0 Å². The molecule has 0 aliphatic rings. The predicted molar refractivity (Wildman–Crippen MR) is 93.2 cm³/mol. The van der Waals surface area contributed by atoms with Crippen LogP contribution < -0.4 is 0 Å². The molecule has 0 saturated heterocycles. The highest BCUT2D eigenvalue weighted by atomic mass is 16.4. The van der Waals surface area contributed by atoms with Gasteiger partial charge in [-0.1, -0.05) is 103 Å². The highest BCUT2D eigenvalue weighted by Gasteiger charge is 2.11. The van der Waals surface area contributed by atoms with Crippen molar-refractivity contribution in [2.45, 2.75) is 116 Å². The molecule has 0 aromatic carbocycles. The third-order valence-corrected chi connectivity index (χ3v) is 4.37. The number of hydrogen-bond acceptors (Lipinski definition) is 2. The summed E-state index contributed by atoms with van der Waals surface area (Å²) in [6, 6.07) is 0. The third-order valence-electron chi connectivity index (χ3n) is 4.37. The maximum absolute atomic E-state index is 10.4. The Morgan fingerprint density at radius 3 is 1.32 bits per heavy atom. The second-order valence-electron chi connectivity index (χ2n) is 6.59. The van der Waals surface area contributed by atoms with E-state index in [0.717, 1.165) is 12.8 Å². The molecule has 0 bridgehead atoms. The normalized spacial score (nSPS) is 12.5. The van der Waals surface area contributed by atoms with E-state index in [0.29, 0.717) is 6.42 Å². The van der Waals surface area contributed by atoms with Crippen molar-refractivity contribution < 1.29 is 15.0 Å². The Balaban J connectivity index is 3.04. The fraction of sp³-hybridized carbons (Fsp3) is 0.947. The van der Waals surface area contributed by atoms with Gasteiger partial charge in [-0.15, -0.1) is 0 Å². The minimum absolute atomic E-state index is 0.396. The van der Waals surface area contributed by atoms with Crippen LogP contribution in [0, 0.1) is 0 Å². The molecule has 0 aliphatic carbocycles. The average molecular weight is 315 g/mol. The molecule has 0 radical (unpaired) electrons. The number of carbonyl (C=O) groups is 1. The van der Waals surface area contributed by atoms with Crippen LogP contribution in [0.2, 0.25) is 0 Å². The summed E-state index contributed by atoms with van der Waals surface area (Å²) in [6.45, 7) is 2.26. The third kappa shape index (κ3) is 15.8. The van der Waals surface area contributed by atoms with Crippen molar-refractivity contribution in [3.05, 3.63) is 0 Å². The first kappa shape index (κ1) is 21.4. The first-order valence-electron chi connectivity index (χ1n) is 9.59. The van der Waals surface area contributed by atoms with Gasteiger partial charge < -0.3 is 10.2 Å². The van der Waals surface area contributed by atoms with Crippen molar-refractivity contribution in [2.24, 2.45) is 0 Å². The topological polar surface area (TPSA) is 57.5 Å². The molecular formula is C19H38O3. The molecule has 0 amide bonds. The molecule has 2 N–H and O–H groups in total. The Labute approximate surface area is 137 Å². The van der Waals surface area contributed by atoms with Crippen LogP contribution in [0.5, 0.6) is 0 Å². The van der Waals surface area contributed by atoms with Crippen molar-refractivity contribution >= 4 is 5.97 Å². The van der Waals surface area contributed by atoms with Gasteiger partial charge in [0.05, 0.1) is 0 Å². The van der Waals surface area contributed by atoms with E-state index >= 15 is 0 Å². The molecule has 22 heavy (non-hydrogen) atoms. The maximum Gasteiger partial charge on any atom is 0.332 e. The van der Waals surface area contributed by atoms with Crippen LogP contribution >= 0.6 is 0 Å². The fourth-order valence-electron chi connectivity index (χ4n) is 2.83. The molecule has 0 rings (SSSR count). The summed E-state index contributed by atoms with van der Waals surface area (Å²) in [7, 11) is 0. The maximum atomic E-state index is 10.4. The molecule has 0 saturated carbocycles. The second-order valence-corrected chi connectivity index (χ2v) is 6.59. The lowest BCUT2D eigenvalue weighted by Crippen LogP contribution is -2.18. The zero-order chi connectivity index (χ0) is 16.5. The van der Waals surface area contributed by atoms with Crippen LogP contribution in [0.1, 0.15) is 110 Å². The predicted octanol–water partition coefficient (Wildman–Crippen LogP) is 5.69. The van der Waals surface area contributed by atoms with E-state index in [-0.39, 0.29) is 0 Å². The molecule has 1 atom stereocenters. The van der Waals surface area contributed by atoms with Crippen LogP contribution in [0.15, 0.2) is 0 Å². The van der Waals surface area contributed by atoms with E-state index in [1.165, 1.54) is 83.5 Å². The molecular weight excluding hydrogens is 276 g/mol. The minimum atomic E-state index is -1.16. The van der Waals surface area contributed by atoms with Gasteiger partial charge in [-0.25, -0.2) is 4.79 Å². The Bertz CT molecular complexity index is 241. The summed E-state index contributed by atoms with van der Waals surface area (Å²) >= 11 is 0. The van der Waals surface area contributed by atoms with E-state index < -0.39 is 12.1 Å². The quantitative estimate of drug-likeness (QED) is 0.339. The smallest absolute Gasteiger partial charge is 0.332 e. The number of carboxylic acid groups (broad SMARTS) is 1. The molecule has 3 nitrogen and oxygen atoms in total. The first-order valence-corrected chi connectivity index (χ1v) is 9.59. The van der Waals surface area contributed by atoms with Crippen molar-refractivity contribution in [3.63, 3.8) is 0 Å². The zero-order valence-electron chi connectivity index (χ0n) is 14.7. The first-order chi connectivity index (χ1) is 10.7. The van der Waals surface area contributed by atoms with Crippen molar-refractivity contribution in [2.75, 3.05) is 0 Å². The van der Waals surface area contributed by atoms with Gasteiger partial charge in [-0.3, -0.25) is 0 Å². The SMILES string of the molecule is CCCCCCCCCCCCCCCCCC(O)C(=O)O. The van der Waals surface area contributed by atoms with Gasteiger partial charge in [-0.05, 0) is 6.42 Å². The fourth-order valence-corrected chi connectivity index (χ4v) is 2.83.